The molecule has 7 heteroatoms. The number of aromatic amines is 1. The average Bonchev–Trinajstić information content (AvgIpc) is 2.70. The molecule has 1 aromatic heterocycles. The highest BCUT2D eigenvalue weighted by molar-refractivity contribution is 7.71. The van der Waals surface area contributed by atoms with E-state index in [-0.39, 0.29) is 22.3 Å². The van der Waals surface area contributed by atoms with E-state index in [0.717, 1.165) is 50.1 Å². The lowest BCUT2D eigenvalue weighted by molar-refractivity contribution is 0.303. The molecule has 150 valence electrons. The Bertz CT molecular complexity index is 936. The van der Waals surface area contributed by atoms with Crippen molar-refractivity contribution in [3.05, 3.63) is 45.0 Å². The minimum Gasteiger partial charge on any atom is -0.494 e. The van der Waals surface area contributed by atoms with Crippen molar-refractivity contribution in [1.29, 1.82) is 0 Å². The Kier molecular flexibility index (Phi) is 6.67. The third kappa shape index (κ3) is 4.35. The van der Waals surface area contributed by atoms with Gasteiger partial charge in [0, 0.05) is 31.0 Å². The van der Waals surface area contributed by atoms with Gasteiger partial charge in [-0.25, -0.2) is 0 Å². The molecule has 1 saturated carbocycles. The Labute approximate surface area is 170 Å². The molecule has 0 saturated heterocycles. The number of hydrogen-bond acceptors (Lipinski definition) is 5. The van der Waals surface area contributed by atoms with Crippen LogP contribution in [0.2, 0.25) is 0 Å². The minimum atomic E-state index is -0.418. The Morgan fingerprint density at radius 3 is 2.46 bits per heavy atom. The predicted molar refractivity (Wildman–Crippen MR) is 117 cm³/mol. The largest absolute Gasteiger partial charge is 0.494 e. The summed E-state index contributed by atoms with van der Waals surface area (Å²) in [5, 5.41) is 10.7. The summed E-state index contributed by atoms with van der Waals surface area (Å²) in [6, 6.07) is 7.97. The van der Waals surface area contributed by atoms with Gasteiger partial charge in [0.05, 0.1) is 5.69 Å². The van der Waals surface area contributed by atoms with Crippen LogP contribution in [-0.4, -0.2) is 34.0 Å². The summed E-state index contributed by atoms with van der Waals surface area (Å²) in [6.07, 6.45) is 6.75. The van der Waals surface area contributed by atoms with E-state index in [2.05, 4.69) is 28.7 Å². The van der Waals surface area contributed by atoms with E-state index in [9.17, 15) is 9.90 Å². The van der Waals surface area contributed by atoms with Crippen LogP contribution in [0, 0.1) is 4.77 Å². The molecule has 1 aromatic carbocycles. The van der Waals surface area contributed by atoms with E-state index < -0.39 is 5.56 Å². The molecular formula is C21H28N4O2S. The van der Waals surface area contributed by atoms with Gasteiger partial charge in [0.1, 0.15) is 5.56 Å². The summed E-state index contributed by atoms with van der Waals surface area (Å²) < 4.78 is 1.95. The van der Waals surface area contributed by atoms with Crippen molar-refractivity contribution in [2.45, 2.75) is 52.0 Å². The van der Waals surface area contributed by atoms with Gasteiger partial charge in [-0.2, -0.15) is 0 Å². The molecule has 2 aromatic rings. The van der Waals surface area contributed by atoms with Crippen LogP contribution in [0.1, 0.15) is 57.6 Å². The lowest BCUT2D eigenvalue weighted by Gasteiger charge is -2.25. The number of nitrogens with zero attached hydrogens (tertiary/aromatic N) is 3. The second-order valence-corrected chi connectivity index (χ2v) is 7.49. The number of H-pyrrole nitrogens is 1. The summed E-state index contributed by atoms with van der Waals surface area (Å²) in [5.74, 6) is -0.0934. The summed E-state index contributed by atoms with van der Waals surface area (Å²) in [6.45, 7) is 6.12. The fourth-order valence-corrected chi connectivity index (χ4v) is 4.15. The molecule has 1 aliphatic carbocycles. The number of aromatic hydroxyl groups is 1. The average molecular weight is 401 g/mol. The first-order valence-corrected chi connectivity index (χ1v) is 10.4. The van der Waals surface area contributed by atoms with Crippen LogP contribution in [-0.2, 0) is 0 Å². The molecule has 0 radical (unpaired) electrons. The second-order valence-electron chi connectivity index (χ2n) is 7.11. The third-order valence-electron chi connectivity index (χ3n) is 5.41. The van der Waals surface area contributed by atoms with Gasteiger partial charge in [-0.1, -0.05) is 19.3 Å². The molecule has 0 spiro atoms. The molecule has 1 heterocycles. The maximum atomic E-state index is 12.3. The third-order valence-corrected chi connectivity index (χ3v) is 5.71. The van der Waals surface area contributed by atoms with E-state index in [1.165, 1.54) is 12.6 Å². The van der Waals surface area contributed by atoms with Crippen LogP contribution in [0.3, 0.4) is 0 Å². The van der Waals surface area contributed by atoms with E-state index >= 15 is 0 Å². The maximum Gasteiger partial charge on any atom is 0.264 e. The Morgan fingerprint density at radius 2 is 1.86 bits per heavy atom. The van der Waals surface area contributed by atoms with Gasteiger partial charge in [0.2, 0.25) is 5.88 Å². The van der Waals surface area contributed by atoms with Crippen LogP contribution < -0.4 is 10.5 Å². The molecule has 0 amide bonds. The topological polar surface area (TPSA) is 73.6 Å². The van der Waals surface area contributed by atoms with E-state index in [0.29, 0.717) is 0 Å². The van der Waals surface area contributed by atoms with Gasteiger partial charge >= 0.3 is 0 Å². The van der Waals surface area contributed by atoms with Crippen molar-refractivity contribution in [2.75, 3.05) is 18.0 Å². The molecule has 0 aliphatic heterocycles. The molecule has 0 unspecified atom stereocenters. The molecule has 0 bridgehead atoms. The van der Waals surface area contributed by atoms with Crippen LogP contribution >= 0.6 is 12.2 Å². The van der Waals surface area contributed by atoms with Gasteiger partial charge in [-0.05, 0) is 63.2 Å². The normalized spacial score (nSPS) is 15.2. The Balaban J connectivity index is 1.89. The van der Waals surface area contributed by atoms with Gasteiger partial charge in [0.15, 0.2) is 4.77 Å². The van der Waals surface area contributed by atoms with Gasteiger partial charge < -0.3 is 10.0 Å². The Morgan fingerprint density at radius 1 is 1.21 bits per heavy atom. The van der Waals surface area contributed by atoms with Crippen molar-refractivity contribution >= 4 is 29.8 Å². The number of aliphatic imine (C=N–C) groups is 1. The Hall–Kier alpha value is -2.41. The first-order chi connectivity index (χ1) is 13.5. The van der Waals surface area contributed by atoms with Crippen LogP contribution in [0.4, 0.5) is 11.4 Å². The highest BCUT2D eigenvalue weighted by atomic mass is 32.1. The van der Waals surface area contributed by atoms with Gasteiger partial charge in [-0.3, -0.25) is 19.3 Å². The van der Waals surface area contributed by atoms with Gasteiger partial charge in [-0.15, -0.1) is 0 Å². The van der Waals surface area contributed by atoms with Crippen molar-refractivity contribution in [3.8, 4) is 5.88 Å². The summed E-state index contributed by atoms with van der Waals surface area (Å²) in [5.41, 5.74) is 1.58. The highest BCUT2D eigenvalue weighted by Gasteiger charge is 2.21. The smallest absolute Gasteiger partial charge is 0.264 e. The van der Waals surface area contributed by atoms with Crippen molar-refractivity contribution < 1.29 is 5.11 Å². The SMILES string of the molecule is CCN(CC)c1ccc(N=Cc2c(O)n(C3CCCCC3)c(=S)[nH]c2=O)cc1. The zero-order chi connectivity index (χ0) is 20.1. The lowest BCUT2D eigenvalue weighted by atomic mass is 9.95. The van der Waals surface area contributed by atoms with E-state index in [1.807, 2.05) is 24.3 Å². The second kappa shape index (κ2) is 9.19. The van der Waals surface area contributed by atoms with Crippen molar-refractivity contribution in [1.82, 2.24) is 9.55 Å². The lowest BCUT2D eigenvalue weighted by Crippen LogP contribution is -2.22. The zero-order valence-electron chi connectivity index (χ0n) is 16.5. The van der Waals surface area contributed by atoms with Gasteiger partial charge in [0.25, 0.3) is 5.56 Å². The fraction of sp³-hybridized carbons (Fsp3) is 0.476. The molecule has 3 rings (SSSR count). The maximum absolute atomic E-state index is 12.3. The first kappa shape index (κ1) is 20.3. The summed E-state index contributed by atoms with van der Waals surface area (Å²) in [7, 11) is 0. The number of rotatable bonds is 6. The molecular weight excluding hydrogens is 372 g/mol. The standard InChI is InChI=1S/C21H28N4O2S/c1-3-24(4-2)16-12-10-15(11-13-16)22-14-18-19(26)23-21(28)25(20(18)27)17-8-6-5-7-9-17/h10-14,17,27H,3-9H2,1-2H3,(H,23,26,28). The summed E-state index contributed by atoms with van der Waals surface area (Å²) >= 11 is 5.30. The number of benzene rings is 1. The van der Waals surface area contributed by atoms with Crippen molar-refractivity contribution in [3.63, 3.8) is 0 Å². The van der Waals surface area contributed by atoms with Crippen molar-refractivity contribution in [2.24, 2.45) is 4.99 Å². The van der Waals surface area contributed by atoms with Crippen LogP contribution in [0.25, 0.3) is 0 Å². The van der Waals surface area contributed by atoms with E-state index in [1.54, 1.807) is 4.57 Å². The number of hydrogen-bond donors (Lipinski definition) is 2. The highest BCUT2D eigenvalue weighted by Crippen LogP contribution is 2.31. The predicted octanol–water partition coefficient (Wildman–Crippen LogP) is 4.71. The van der Waals surface area contributed by atoms with Crippen LogP contribution in [0.5, 0.6) is 5.88 Å². The van der Waals surface area contributed by atoms with Crippen LogP contribution in [0.15, 0.2) is 34.1 Å². The monoisotopic (exact) mass is 400 g/mol. The number of anilines is 1. The molecule has 1 aliphatic rings. The molecule has 2 N–H and O–H groups in total. The molecule has 1 fully saturated rings. The number of nitrogens with one attached hydrogen (secondary N) is 1. The fourth-order valence-electron chi connectivity index (χ4n) is 3.82. The van der Waals surface area contributed by atoms with E-state index in [4.69, 9.17) is 12.2 Å². The molecule has 6 nitrogen and oxygen atoms in total. The zero-order valence-corrected chi connectivity index (χ0v) is 17.3. The number of aromatic nitrogens is 2. The minimum absolute atomic E-state index is 0.0934. The summed E-state index contributed by atoms with van der Waals surface area (Å²) in [4.78, 5) is 21.7. The quantitative estimate of drug-likeness (QED) is 0.544. The first-order valence-electron chi connectivity index (χ1n) is 10.0. The molecule has 0 atom stereocenters. The molecule has 28 heavy (non-hydrogen) atoms.